The number of hydrogen-bond donors (Lipinski definition) is 3. The minimum absolute atomic E-state index is 0.0938. The van der Waals surface area contributed by atoms with Gasteiger partial charge in [-0.3, -0.25) is 9.59 Å². The quantitative estimate of drug-likeness (QED) is 0.485. The summed E-state index contributed by atoms with van der Waals surface area (Å²) >= 11 is 0. The summed E-state index contributed by atoms with van der Waals surface area (Å²) in [5.74, 6) is -2.97. The first kappa shape index (κ1) is 23.2. The van der Waals surface area contributed by atoms with Crippen LogP contribution in [0.3, 0.4) is 0 Å². The zero-order valence-electron chi connectivity index (χ0n) is 15.0. The second-order valence-corrected chi connectivity index (χ2v) is 5.78. The van der Waals surface area contributed by atoms with E-state index < -0.39 is 12.1 Å². The number of benzene rings is 1. The fraction of sp³-hybridized carbons (Fsp3) is 0.471. The van der Waals surface area contributed by atoms with Crippen molar-refractivity contribution in [1.29, 1.82) is 0 Å². The maximum Gasteiger partial charge on any atom is 0.490 e. The van der Waals surface area contributed by atoms with E-state index in [4.69, 9.17) is 20.4 Å². The molecule has 1 aromatic carbocycles. The highest BCUT2D eigenvalue weighted by Crippen LogP contribution is 2.30. The molecule has 0 aliphatic carbocycles. The van der Waals surface area contributed by atoms with E-state index in [1.165, 1.54) is 7.11 Å². The van der Waals surface area contributed by atoms with E-state index in [2.05, 4.69) is 10.1 Å². The summed E-state index contributed by atoms with van der Waals surface area (Å²) in [4.78, 5) is 32.2. The van der Waals surface area contributed by atoms with Gasteiger partial charge in [-0.05, 0) is 31.0 Å². The molecule has 1 amide bonds. The average Bonchev–Trinajstić information content (AvgIpc) is 2.62. The number of nitrogens with two attached hydrogens (primary N) is 1. The normalized spacial score (nSPS) is 15.5. The third-order valence-electron chi connectivity index (χ3n) is 3.68. The Kier molecular flexibility index (Phi) is 8.71. The second kappa shape index (κ2) is 10.5. The Labute approximate surface area is 158 Å². The van der Waals surface area contributed by atoms with Crippen molar-refractivity contribution in [3.8, 4) is 5.75 Å². The molecule has 1 heterocycles. The van der Waals surface area contributed by atoms with Crippen molar-refractivity contribution in [3.05, 3.63) is 23.8 Å². The van der Waals surface area contributed by atoms with Crippen molar-refractivity contribution in [3.63, 3.8) is 0 Å². The molecule has 0 radical (unpaired) electrons. The number of rotatable bonds is 6. The van der Waals surface area contributed by atoms with Gasteiger partial charge in [-0.2, -0.15) is 13.2 Å². The van der Waals surface area contributed by atoms with Crippen LogP contribution in [0, 0.1) is 5.92 Å². The third kappa shape index (κ3) is 7.43. The lowest BCUT2D eigenvalue weighted by Gasteiger charge is -2.24. The van der Waals surface area contributed by atoms with Gasteiger partial charge < -0.3 is 25.6 Å². The van der Waals surface area contributed by atoms with Gasteiger partial charge in [0.25, 0.3) is 0 Å². The van der Waals surface area contributed by atoms with Gasteiger partial charge in [0.15, 0.2) is 0 Å². The summed E-state index contributed by atoms with van der Waals surface area (Å²) in [5.41, 5.74) is 7.15. The summed E-state index contributed by atoms with van der Waals surface area (Å²) in [5, 5.41) is 9.94. The molecule has 8 nitrogen and oxygen atoms in total. The topological polar surface area (TPSA) is 128 Å². The Morgan fingerprint density at radius 3 is 2.54 bits per heavy atom. The first-order valence-electron chi connectivity index (χ1n) is 8.22. The van der Waals surface area contributed by atoms with Gasteiger partial charge in [0.1, 0.15) is 5.75 Å². The number of carbonyl (C=O) groups is 3. The van der Waals surface area contributed by atoms with Crippen LogP contribution in [0.4, 0.5) is 18.9 Å². The highest BCUT2D eigenvalue weighted by atomic mass is 19.4. The van der Waals surface area contributed by atoms with Crippen LogP contribution in [0.2, 0.25) is 0 Å². The van der Waals surface area contributed by atoms with Gasteiger partial charge in [-0.1, -0.05) is 6.07 Å². The maximum atomic E-state index is 12.0. The fourth-order valence-corrected chi connectivity index (χ4v) is 2.26. The van der Waals surface area contributed by atoms with Crippen molar-refractivity contribution in [1.82, 2.24) is 0 Å². The molecule has 28 heavy (non-hydrogen) atoms. The lowest BCUT2D eigenvalue weighted by molar-refractivity contribution is -0.192. The molecule has 2 rings (SSSR count). The number of carbonyl (C=O) groups excluding carboxylic acids is 2. The molecule has 0 saturated heterocycles. The number of hydrogen-bond acceptors (Lipinski definition) is 6. The van der Waals surface area contributed by atoms with Crippen LogP contribution in [0.5, 0.6) is 5.75 Å². The number of methoxy groups -OCH3 is 1. The average molecular weight is 406 g/mol. The molecule has 1 aliphatic heterocycles. The number of carboxylic acid groups (broad SMARTS) is 1. The van der Waals surface area contributed by atoms with Crippen LogP contribution in [-0.4, -0.2) is 49.4 Å². The molecule has 11 heteroatoms. The number of esters is 1. The smallest absolute Gasteiger partial charge is 0.490 e. The summed E-state index contributed by atoms with van der Waals surface area (Å²) in [6, 6.07) is 5.58. The van der Waals surface area contributed by atoms with E-state index in [1.807, 2.05) is 12.1 Å². The van der Waals surface area contributed by atoms with Gasteiger partial charge in [-0.15, -0.1) is 0 Å². The number of aliphatic carboxylic acids is 1. The Morgan fingerprint density at radius 2 is 2.00 bits per heavy atom. The molecule has 0 fully saturated rings. The molecule has 0 saturated carbocycles. The molecule has 1 unspecified atom stereocenters. The van der Waals surface area contributed by atoms with Crippen LogP contribution in [0.1, 0.15) is 18.4 Å². The van der Waals surface area contributed by atoms with Gasteiger partial charge in [0.2, 0.25) is 5.91 Å². The zero-order valence-corrected chi connectivity index (χ0v) is 15.0. The third-order valence-corrected chi connectivity index (χ3v) is 3.68. The van der Waals surface area contributed by atoms with Crippen LogP contribution in [-0.2, 0) is 25.5 Å². The van der Waals surface area contributed by atoms with E-state index in [-0.39, 0.29) is 24.2 Å². The first-order valence-corrected chi connectivity index (χ1v) is 8.22. The second-order valence-electron chi connectivity index (χ2n) is 5.78. The van der Waals surface area contributed by atoms with Crippen molar-refractivity contribution < 1.29 is 42.1 Å². The lowest BCUT2D eigenvalue weighted by Crippen LogP contribution is -2.31. The Balaban J connectivity index is 0.000000480. The molecule has 156 valence electrons. The zero-order chi connectivity index (χ0) is 21.3. The number of fused-ring (bicyclic) bond motifs is 1. The molecule has 4 N–H and O–H groups in total. The first-order chi connectivity index (χ1) is 13.1. The van der Waals surface area contributed by atoms with E-state index in [9.17, 15) is 22.8 Å². The van der Waals surface area contributed by atoms with Gasteiger partial charge in [-0.25, -0.2) is 4.79 Å². The van der Waals surface area contributed by atoms with Gasteiger partial charge >= 0.3 is 18.1 Å². The maximum absolute atomic E-state index is 12.0. The highest BCUT2D eigenvalue weighted by molar-refractivity contribution is 5.97. The van der Waals surface area contributed by atoms with Crippen LogP contribution in [0.25, 0.3) is 0 Å². The molecular weight excluding hydrogens is 385 g/mol. The molecule has 0 bridgehead atoms. The van der Waals surface area contributed by atoms with Gasteiger partial charge in [0, 0.05) is 11.8 Å². The summed E-state index contributed by atoms with van der Waals surface area (Å²) in [7, 11) is 1.32. The molecule has 0 spiro atoms. The standard InChI is InChI=1S/C15H20N2O4.C2HF3O2/c1-20-14(18)8-11-7-10-3-4-12(21-6-2-5-16)9-13(10)17-15(11)19;3-2(4,5)1(6)7/h3-4,9,11H,2,5-8,16H2,1H3,(H,17,19);(H,6,7). The molecular formula is C17H21F3N2O6. The predicted molar refractivity (Wildman–Crippen MR) is 91.8 cm³/mol. The van der Waals surface area contributed by atoms with E-state index >= 15 is 0 Å². The van der Waals surface area contributed by atoms with Crippen molar-refractivity contribution in [2.45, 2.75) is 25.4 Å². The molecule has 1 aliphatic rings. The van der Waals surface area contributed by atoms with E-state index in [0.29, 0.717) is 25.3 Å². The van der Waals surface area contributed by atoms with E-state index in [1.54, 1.807) is 6.07 Å². The lowest BCUT2D eigenvalue weighted by atomic mass is 9.90. The summed E-state index contributed by atoms with van der Waals surface area (Å²) < 4.78 is 41.9. The molecule has 0 aromatic heterocycles. The SMILES string of the molecule is COC(=O)CC1Cc2ccc(OCCCN)cc2NC1=O.O=C(O)C(F)(F)F. The Morgan fingerprint density at radius 1 is 1.36 bits per heavy atom. The Hall–Kier alpha value is -2.82. The monoisotopic (exact) mass is 406 g/mol. The molecule has 1 atom stereocenters. The van der Waals surface area contributed by atoms with Crippen LogP contribution < -0.4 is 15.8 Å². The number of alkyl halides is 3. The number of ether oxygens (including phenoxy) is 2. The van der Waals surface area contributed by atoms with Crippen molar-refractivity contribution >= 4 is 23.5 Å². The number of halogens is 3. The largest absolute Gasteiger partial charge is 0.493 e. The van der Waals surface area contributed by atoms with Crippen molar-refractivity contribution in [2.24, 2.45) is 11.7 Å². The van der Waals surface area contributed by atoms with Crippen LogP contribution >= 0.6 is 0 Å². The minimum Gasteiger partial charge on any atom is -0.493 e. The Bertz CT molecular complexity index is 709. The summed E-state index contributed by atoms with van der Waals surface area (Å²) in [6.45, 7) is 1.13. The molecule has 1 aromatic rings. The fourth-order valence-electron chi connectivity index (χ4n) is 2.26. The number of anilines is 1. The highest BCUT2D eigenvalue weighted by Gasteiger charge is 2.38. The van der Waals surface area contributed by atoms with Crippen molar-refractivity contribution in [2.75, 3.05) is 25.6 Å². The number of carboxylic acids is 1. The van der Waals surface area contributed by atoms with Gasteiger partial charge in [0.05, 0.1) is 26.1 Å². The number of nitrogens with one attached hydrogen (secondary N) is 1. The predicted octanol–water partition coefficient (Wildman–Crippen LogP) is 1.72. The number of amides is 1. The van der Waals surface area contributed by atoms with E-state index in [0.717, 1.165) is 17.7 Å². The van der Waals surface area contributed by atoms with Crippen LogP contribution in [0.15, 0.2) is 18.2 Å². The summed E-state index contributed by atoms with van der Waals surface area (Å²) in [6.07, 6.45) is -3.68. The minimum atomic E-state index is -5.08.